The fourth-order valence-electron chi connectivity index (χ4n) is 2.11. The Morgan fingerprint density at radius 1 is 1.00 bits per heavy atom. The van der Waals surface area contributed by atoms with Crippen molar-refractivity contribution in [2.45, 2.75) is 26.4 Å². The number of hydrogen-bond acceptors (Lipinski definition) is 4. The van der Waals surface area contributed by atoms with Crippen LogP contribution in [0.4, 0.5) is 10.5 Å². The first kappa shape index (κ1) is 17.5. The Labute approximate surface area is 141 Å². The highest BCUT2D eigenvalue weighted by atomic mass is 16.6. The van der Waals surface area contributed by atoms with Gasteiger partial charge in [0.2, 0.25) is 0 Å². The van der Waals surface area contributed by atoms with Crippen molar-refractivity contribution in [1.29, 1.82) is 0 Å². The topological polar surface area (TPSA) is 64.6 Å². The number of hydrogen-bond donors (Lipinski definition) is 1. The molecule has 2 aromatic carbocycles. The van der Waals surface area contributed by atoms with Gasteiger partial charge in [-0.2, -0.15) is 0 Å². The van der Waals surface area contributed by atoms with Crippen LogP contribution in [-0.2, 0) is 4.74 Å². The zero-order chi connectivity index (χ0) is 17.7. The standard InChI is InChI=1S/C19H21NO4/c1-19(2,3)24-18(22)20-16-11-10-14(23-4)12-15(16)17(21)13-8-6-5-7-9-13/h5-12H,1-4H3,(H,20,22). The number of anilines is 1. The molecule has 0 aliphatic carbocycles. The number of carbonyl (C=O) groups is 2. The van der Waals surface area contributed by atoms with Gasteiger partial charge in [0.25, 0.3) is 0 Å². The van der Waals surface area contributed by atoms with Gasteiger partial charge in [0, 0.05) is 11.1 Å². The smallest absolute Gasteiger partial charge is 0.412 e. The van der Waals surface area contributed by atoms with Gasteiger partial charge in [0.15, 0.2) is 5.78 Å². The molecule has 0 saturated carbocycles. The lowest BCUT2D eigenvalue weighted by atomic mass is 10.0. The zero-order valence-corrected chi connectivity index (χ0v) is 14.3. The molecule has 0 atom stereocenters. The summed E-state index contributed by atoms with van der Waals surface area (Å²) in [5, 5.41) is 2.63. The van der Waals surface area contributed by atoms with Crippen LogP contribution < -0.4 is 10.1 Å². The van der Waals surface area contributed by atoms with Crippen LogP contribution in [0.15, 0.2) is 48.5 Å². The van der Waals surface area contributed by atoms with E-state index in [1.54, 1.807) is 63.2 Å². The van der Waals surface area contributed by atoms with Gasteiger partial charge in [0.1, 0.15) is 11.4 Å². The minimum absolute atomic E-state index is 0.208. The molecule has 0 aliphatic rings. The van der Waals surface area contributed by atoms with Crippen LogP contribution in [0, 0.1) is 0 Å². The lowest BCUT2D eigenvalue weighted by Crippen LogP contribution is -2.27. The van der Waals surface area contributed by atoms with Gasteiger partial charge in [-0.3, -0.25) is 10.1 Å². The van der Waals surface area contributed by atoms with Crippen LogP contribution in [0.5, 0.6) is 5.75 Å². The molecule has 0 heterocycles. The van der Waals surface area contributed by atoms with Crippen LogP contribution in [0.2, 0.25) is 0 Å². The molecular formula is C19H21NO4. The maximum Gasteiger partial charge on any atom is 0.412 e. The van der Waals surface area contributed by atoms with E-state index in [-0.39, 0.29) is 5.78 Å². The monoisotopic (exact) mass is 327 g/mol. The van der Waals surface area contributed by atoms with Crippen LogP contribution >= 0.6 is 0 Å². The highest BCUT2D eigenvalue weighted by Gasteiger charge is 2.20. The van der Waals surface area contributed by atoms with Crippen molar-refractivity contribution in [2.75, 3.05) is 12.4 Å². The molecule has 24 heavy (non-hydrogen) atoms. The van der Waals surface area contributed by atoms with Gasteiger partial charge in [-0.05, 0) is 39.0 Å². The van der Waals surface area contributed by atoms with E-state index in [4.69, 9.17) is 9.47 Å². The Hall–Kier alpha value is -2.82. The highest BCUT2D eigenvalue weighted by molar-refractivity contribution is 6.13. The van der Waals surface area contributed by atoms with Crippen molar-refractivity contribution < 1.29 is 19.1 Å². The summed E-state index contributed by atoms with van der Waals surface area (Å²) in [6.45, 7) is 5.32. The van der Waals surface area contributed by atoms with Crippen LogP contribution in [-0.4, -0.2) is 24.6 Å². The summed E-state index contributed by atoms with van der Waals surface area (Å²) >= 11 is 0. The molecule has 0 radical (unpaired) electrons. The van der Waals surface area contributed by atoms with Crippen molar-refractivity contribution >= 4 is 17.6 Å². The predicted octanol–water partition coefficient (Wildman–Crippen LogP) is 4.27. The fourth-order valence-corrected chi connectivity index (χ4v) is 2.11. The van der Waals surface area contributed by atoms with Gasteiger partial charge in [-0.15, -0.1) is 0 Å². The number of ketones is 1. The first-order valence-electron chi connectivity index (χ1n) is 7.58. The molecule has 0 aliphatic heterocycles. The van der Waals surface area contributed by atoms with Crippen molar-refractivity contribution in [3.8, 4) is 5.75 Å². The Morgan fingerprint density at radius 3 is 2.25 bits per heavy atom. The van der Waals surface area contributed by atoms with Gasteiger partial charge >= 0.3 is 6.09 Å². The van der Waals surface area contributed by atoms with Gasteiger partial charge in [0.05, 0.1) is 12.8 Å². The van der Waals surface area contributed by atoms with Crippen molar-refractivity contribution in [3.63, 3.8) is 0 Å². The van der Waals surface area contributed by atoms with Crippen LogP contribution in [0.1, 0.15) is 36.7 Å². The normalized spacial score (nSPS) is 10.8. The minimum Gasteiger partial charge on any atom is -0.497 e. The van der Waals surface area contributed by atoms with E-state index in [9.17, 15) is 9.59 Å². The van der Waals surface area contributed by atoms with Gasteiger partial charge in [-0.1, -0.05) is 30.3 Å². The van der Waals surface area contributed by atoms with E-state index in [2.05, 4.69) is 5.32 Å². The quantitative estimate of drug-likeness (QED) is 0.852. The maximum absolute atomic E-state index is 12.8. The highest BCUT2D eigenvalue weighted by Crippen LogP contribution is 2.25. The van der Waals surface area contributed by atoms with Crippen molar-refractivity contribution in [3.05, 3.63) is 59.7 Å². The van der Waals surface area contributed by atoms with E-state index < -0.39 is 11.7 Å². The second-order valence-electron chi connectivity index (χ2n) is 6.23. The minimum atomic E-state index is -0.625. The molecule has 0 aromatic heterocycles. The van der Waals surface area contributed by atoms with Crippen molar-refractivity contribution in [2.24, 2.45) is 0 Å². The lowest BCUT2D eigenvalue weighted by molar-refractivity contribution is 0.0636. The Bertz CT molecular complexity index is 733. The number of rotatable bonds is 4. The maximum atomic E-state index is 12.8. The molecule has 5 nitrogen and oxygen atoms in total. The molecule has 2 aromatic rings. The summed E-state index contributed by atoms with van der Waals surface area (Å²) in [6, 6.07) is 13.7. The van der Waals surface area contributed by atoms with E-state index in [1.807, 2.05) is 6.07 Å². The SMILES string of the molecule is COc1ccc(NC(=O)OC(C)(C)C)c(C(=O)c2ccccc2)c1. The summed E-state index contributed by atoms with van der Waals surface area (Å²) in [7, 11) is 1.52. The molecule has 1 N–H and O–H groups in total. The third-order valence-corrected chi connectivity index (χ3v) is 3.14. The van der Waals surface area contributed by atoms with E-state index in [1.165, 1.54) is 7.11 Å². The lowest BCUT2D eigenvalue weighted by Gasteiger charge is -2.20. The van der Waals surface area contributed by atoms with Crippen LogP contribution in [0.25, 0.3) is 0 Å². The molecule has 5 heteroatoms. The van der Waals surface area contributed by atoms with Crippen LogP contribution in [0.3, 0.4) is 0 Å². The Morgan fingerprint density at radius 2 is 1.67 bits per heavy atom. The summed E-state index contributed by atoms with van der Waals surface area (Å²) in [6.07, 6.45) is -0.616. The summed E-state index contributed by atoms with van der Waals surface area (Å²) < 4.78 is 10.4. The number of benzene rings is 2. The Balaban J connectivity index is 2.35. The predicted molar refractivity (Wildman–Crippen MR) is 92.7 cm³/mol. The first-order valence-corrected chi connectivity index (χ1v) is 7.58. The summed E-state index contributed by atoms with van der Waals surface area (Å²) in [5.41, 5.74) is 0.614. The summed E-state index contributed by atoms with van der Waals surface area (Å²) in [5.74, 6) is 0.324. The fraction of sp³-hybridized carbons (Fsp3) is 0.263. The molecule has 2 rings (SSSR count). The molecular weight excluding hydrogens is 306 g/mol. The Kier molecular flexibility index (Phi) is 5.24. The molecule has 1 amide bonds. The third-order valence-electron chi connectivity index (χ3n) is 3.14. The average Bonchev–Trinajstić information content (AvgIpc) is 2.53. The average molecular weight is 327 g/mol. The van der Waals surface area contributed by atoms with Gasteiger partial charge < -0.3 is 9.47 Å². The first-order chi connectivity index (χ1) is 11.3. The molecule has 0 saturated heterocycles. The second-order valence-corrected chi connectivity index (χ2v) is 6.23. The molecule has 0 spiro atoms. The number of nitrogens with one attached hydrogen (secondary N) is 1. The van der Waals surface area contributed by atoms with E-state index in [0.29, 0.717) is 22.6 Å². The number of methoxy groups -OCH3 is 1. The number of ether oxygens (including phenoxy) is 2. The molecule has 0 unspecified atom stereocenters. The molecule has 126 valence electrons. The number of carbonyl (C=O) groups excluding carboxylic acids is 2. The summed E-state index contributed by atoms with van der Waals surface area (Å²) in [4.78, 5) is 24.8. The van der Waals surface area contributed by atoms with E-state index >= 15 is 0 Å². The van der Waals surface area contributed by atoms with Gasteiger partial charge in [-0.25, -0.2) is 4.79 Å². The molecule has 0 fully saturated rings. The number of amides is 1. The third kappa shape index (κ3) is 4.59. The zero-order valence-electron chi connectivity index (χ0n) is 14.3. The second kappa shape index (κ2) is 7.17. The largest absolute Gasteiger partial charge is 0.497 e. The van der Waals surface area contributed by atoms with Crippen molar-refractivity contribution in [1.82, 2.24) is 0 Å². The molecule has 0 bridgehead atoms. The van der Waals surface area contributed by atoms with E-state index in [0.717, 1.165) is 0 Å².